The van der Waals surface area contributed by atoms with Crippen LogP contribution in [-0.2, 0) is 9.59 Å². The minimum atomic E-state index is -1.40. The molecular weight excluding hydrogens is 252 g/mol. The van der Waals surface area contributed by atoms with Crippen LogP contribution in [0.4, 0.5) is 4.79 Å². The van der Waals surface area contributed by atoms with Crippen molar-refractivity contribution in [3.8, 4) is 0 Å². The Balaban J connectivity index is 2.61. The van der Waals surface area contributed by atoms with Crippen molar-refractivity contribution in [1.29, 1.82) is 0 Å². The minimum Gasteiger partial charge on any atom is -0.481 e. The Bertz CT molecular complexity index is 365. The summed E-state index contributed by atoms with van der Waals surface area (Å²) in [7, 11) is 0. The van der Waals surface area contributed by atoms with Crippen molar-refractivity contribution in [2.75, 3.05) is 6.54 Å². The summed E-state index contributed by atoms with van der Waals surface area (Å²) in [6.45, 7) is 4.27. The lowest BCUT2D eigenvalue weighted by atomic mass is 10.2. The summed E-state index contributed by atoms with van der Waals surface area (Å²) < 4.78 is 0. The van der Waals surface area contributed by atoms with Crippen LogP contribution in [0.5, 0.6) is 0 Å². The molecule has 0 saturated heterocycles. The molecule has 108 valence electrons. The molecule has 0 aromatic rings. The monoisotopic (exact) mass is 272 g/mol. The van der Waals surface area contributed by atoms with Crippen LogP contribution in [0.25, 0.3) is 0 Å². The number of hydrogen-bond acceptors (Lipinski definition) is 3. The van der Waals surface area contributed by atoms with E-state index >= 15 is 0 Å². The highest BCUT2D eigenvalue weighted by Crippen LogP contribution is 2.30. The number of rotatable bonds is 7. The molecule has 0 heterocycles. The number of carbonyl (C=O) groups is 3. The molecule has 2 amide bonds. The summed E-state index contributed by atoms with van der Waals surface area (Å²) in [5.74, 6) is -2.12. The van der Waals surface area contributed by atoms with Gasteiger partial charge in [0.05, 0.1) is 6.42 Å². The van der Waals surface area contributed by atoms with Crippen molar-refractivity contribution < 1.29 is 24.6 Å². The molecule has 3 N–H and O–H groups in total. The number of carboxylic acid groups (broad SMARTS) is 2. The summed E-state index contributed by atoms with van der Waals surface area (Å²) in [6.07, 6.45) is 1.53. The number of aliphatic carboxylic acids is 2. The van der Waals surface area contributed by atoms with Gasteiger partial charge in [0.15, 0.2) is 0 Å². The number of amides is 2. The van der Waals surface area contributed by atoms with Crippen LogP contribution in [0.1, 0.15) is 33.1 Å². The number of urea groups is 1. The van der Waals surface area contributed by atoms with Crippen molar-refractivity contribution >= 4 is 18.0 Å². The van der Waals surface area contributed by atoms with Crippen LogP contribution in [-0.4, -0.2) is 51.7 Å². The van der Waals surface area contributed by atoms with Crippen molar-refractivity contribution in [1.82, 2.24) is 10.2 Å². The maximum Gasteiger partial charge on any atom is 0.326 e. The molecule has 19 heavy (non-hydrogen) atoms. The predicted molar refractivity (Wildman–Crippen MR) is 66.8 cm³/mol. The van der Waals surface area contributed by atoms with Crippen molar-refractivity contribution in [2.45, 2.75) is 45.2 Å². The molecule has 1 fully saturated rings. The third kappa shape index (κ3) is 5.15. The molecule has 1 aliphatic carbocycles. The van der Waals surface area contributed by atoms with E-state index in [1.165, 1.54) is 0 Å². The fraction of sp³-hybridized carbons (Fsp3) is 0.750. The van der Waals surface area contributed by atoms with Gasteiger partial charge in [0.2, 0.25) is 0 Å². The van der Waals surface area contributed by atoms with Crippen LogP contribution < -0.4 is 5.32 Å². The van der Waals surface area contributed by atoms with Crippen molar-refractivity contribution in [3.05, 3.63) is 0 Å². The molecule has 1 aliphatic rings. The number of carbonyl (C=O) groups excluding carboxylic acids is 1. The zero-order valence-corrected chi connectivity index (χ0v) is 11.1. The van der Waals surface area contributed by atoms with Crippen molar-refractivity contribution in [3.63, 3.8) is 0 Å². The van der Waals surface area contributed by atoms with Gasteiger partial charge >= 0.3 is 18.0 Å². The molecule has 0 radical (unpaired) electrons. The van der Waals surface area contributed by atoms with Gasteiger partial charge in [-0.25, -0.2) is 9.59 Å². The van der Waals surface area contributed by atoms with Gasteiger partial charge < -0.3 is 20.4 Å². The molecular formula is C12H20N2O5. The molecule has 0 bridgehead atoms. The third-order valence-electron chi connectivity index (χ3n) is 3.01. The first kappa shape index (κ1) is 15.3. The molecule has 0 unspecified atom stereocenters. The van der Waals surface area contributed by atoms with E-state index in [9.17, 15) is 14.4 Å². The predicted octanol–water partition coefficient (Wildman–Crippen LogP) is 0.744. The third-order valence-corrected chi connectivity index (χ3v) is 3.01. The van der Waals surface area contributed by atoms with Crippen LogP contribution in [0.3, 0.4) is 0 Å². The molecule has 0 aromatic carbocycles. The molecule has 0 aliphatic heterocycles. The number of nitrogens with zero attached hydrogens (tertiary/aromatic N) is 1. The van der Waals surface area contributed by atoms with Gasteiger partial charge in [-0.2, -0.15) is 0 Å². The smallest absolute Gasteiger partial charge is 0.326 e. The molecule has 1 rings (SSSR count). The van der Waals surface area contributed by atoms with Crippen LogP contribution in [0.2, 0.25) is 0 Å². The molecule has 0 aromatic heterocycles. The zero-order chi connectivity index (χ0) is 14.6. The van der Waals surface area contributed by atoms with Crippen molar-refractivity contribution in [2.24, 2.45) is 5.92 Å². The summed E-state index contributed by atoms with van der Waals surface area (Å²) in [5, 5.41) is 19.8. The SMILES string of the molecule is CC(C)N(CC1CC1)C(=O)N[C@@H](CC(=O)O)C(=O)O. The maximum atomic E-state index is 12.0. The number of carboxylic acids is 2. The highest BCUT2D eigenvalue weighted by Gasteiger charge is 2.31. The summed E-state index contributed by atoms with van der Waals surface area (Å²) in [5.41, 5.74) is 0. The van der Waals surface area contributed by atoms with E-state index in [4.69, 9.17) is 10.2 Å². The summed E-state index contributed by atoms with van der Waals surface area (Å²) >= 11 is 0. The molecule has 7 heteroatoms. The van der Waals surface area contributed by atoms with Gasteiger partial charge in [-0.3, -0.25) is 4.79 Å². The van der Waals surface area contributed by atoms with E-state index in [0.717, 1.165) is 12.8 Å². The normalized spacial score (nSPS) is 15.9. The Hall–Kier alpha value is -1.79. The van der Waals surface area contributed by atoms with Gasteiger partial charge in [0, 0.05) is 12.6 Å². The first-order chi connectivity index (χ1) is 8.81. The Morgan fingerprint density at radius 2 is 1.84 bits per heavy atom. The summed E-state index contributed by atoms with van der Waals surface area (Å²) in [6, 6.07) is -1.97. The highest BCUT2D eigenvalue weighted by molar-refractivity contribution is 5.86. The Morgan fingerprint density at radius 1 is 1.26 bits per heavy atom. The average Bonchev–Trinajstić information content (AvgIpc) is 3.07. The van der Waals surface area contributed by atoms with E-state index in [1.54, 1.807) is 4.90 Å². The Labute approximate surface area is 111 Å². The molecule has 7 nitrogen and oxygen atoms in total. The number of hydrogen-bond donors (Lipinski definition) is 3. The molecule has 1 saturated carbocycles. The average molecular weight is 272 g/mol. The molecule has 0 spiro atoms. The van der Waals surface area contributed by atoms with Gasteiger partial charge in [-0.15, -0.1) is 0 Å². The fourth-order valence-electron chi connectivity index (χ4n) is 1.71. The van der Waals surface area contributed by atoms with Gasteiger partial charge in [0.1, 0.15) is 6.04 Å². The Kier molecular flexibility index (Phi) is 5.14. The van der Waals surface area contributed by atoms with Crippen LogP contribution in [0.15, 0.2) is 0 Å². The standard InChI is InChI=1S/C12H20N2O5/c1-7(2)14(6-8-3-4-8)12(19)13-9(11(17)18)5-10(15)16/h7-9H,3-6H2,1-2H3,(H,13,19)(H,15,16)(H,17,18)/t9-/m0/s1. The lowest BCUT2D eigenvalue weighted by Gasteiger charge is -2.28. The van der Waals surface area contributed by atoms with E-state index in [-0.39, 0.29) is 6.04 Å². The zero-order valence-electron chi connectivity index (χ0n) is 11.1. The van der Waals surface area contributed by atoms with E-state index < -0.39 is 30.4 Å². The second-order valence-corrected chi connectivity index (χ2v) is 5.13. The first-order valence-electron chi connectivity index (χ1n) is 6.33. The highest BCUT2D eigenvalue weighted by atomic mass is 16.4. The second-order valence-electron chi connectivity index (χ2n) is 5.13. The minimum absolute atomic E-state index is 0.0557. The maximum absolute atomic E-state index is 12.0. The van der Waals surface area contributed by atoms with Gasteiger partial charge in [-0.05, 0) is 32.6 Å². The first-order valence-corrected chi connectivity index (χ1v) is 6.33. The fourth-order valence-corrected chi connectivity index (χ4v) is 1.71. The lowest BCUT2D eigenvalue weighted by Crippen LogP contribution is -2.51. The largest absolute Gasteiger partial charge is 0.481 e. The topological polar surface area (TPSA) is 107 Å². The lowest BCUT2D eigenvalue weighted by molar-refractivity contribution is -0.145. The number of nitrogens with one attached hydrogen (secondary N) is 1. The van der Waals surface area contributed by atoms with E-state index in [1.807, 2.05) is 13.8 Å². The quantitative estimate of drug-likeness (QED) is 0.633. The van der Waals surface area contributed by atoms with Gasteiger partial charge in [-0.1, -0.05) is 0 Å². The van der Waals surface area contributed by atoms with Gasteiger partial charge in [0.25, 0.3) is 0 Å². The van der Waals surface area contributed by atoms with Crippen LogP contribution >= 0.6 is 0 Å². The summed E-state index contributed by atoms with van der Waals surface area (Å²) in [4.78, 5) is 35.0. The van der Waals surface area contributed by atoms with Crippen LogP contribution in [0, 0.1) is 5.92 Å². The van der Waals surface area contributed by atoms with E-state index in [0.29, 0.717) is 12.5 Å². The van der Waals surface area contributed by atoms with E-state index in [2.05, 4.69) is 5.32 Å². The Morgan fingerprint density at radius 3 is 2.21 bits per heavy atom. The second kappa shape index (κ2) is 6.40. The molecule has 1 atom stereocenters.